The molecule has 3 rings (SSSR count). The van der Waals surface area contributed by atoms with Crippen LogP contribution in [0.1, 0.15) is 24.0 Å². The van der Waals surface area contributed by atoms with Crippen molar-refractivity contribution in [2.24, 2.45) is 0 Å². The molecule has 1 N–H and O–H groups in total. The SMILES string of the molecule is COc1ccc(Cl)cc1C1(CNS(=O)(=O)c2cc(F)ccc2C)CCOCC1. The Labute approximate surface area is 169 Å². The Balaban J connectivity index is 1.96. The van der Waals surface area contributed by atoms with Gasteiger partial charge in [-0.25, -0.2) is 17.5 Å². The highest BCUT2D eigenvalue weighted by atomic mass is 35.5. The number of halogens is 2. The van der Waals surface area contributed by atoms with Crippen molar-refractivity contribution in [2.45, 2.75) is 30.1 Å². The van der Waals surface area contributed by atoms with Crippen LogP contribution < -0.4 is 9.46 Å². The van der Waals surface area contributed by atoms with E-state index >= 15 is 0 Å². The smallest absolute Gasteiger partial charge is 0.240 e. The summed E-state index contributed by atoms with van der Waals surface area (Å²) < 4.78 is 53.0. The van der Waals surface area contributed by atoms with Gasteiger partial charge in [0.2, 0.25) is 10.0 Å². The van der Waals surface area contributed by atoms with Gasteiger partial charge in [-0.15, -0.1) is 0 Å². The molecule has 152 valence electrons. The summed E-state index contributed by atoms with van der Waals surface area (Å²) in [6, 6.07) is 9.05. The molecule has 0 aliphatic carbocycles. The molecule has 8 heteroatoms. The van der Waals surface area contributed by atoms with Crippen molar-refractivity contribution < 1.29 is 22.3 Å². The maximum atomic E-state index is 13.6. The quantitative estimate of drug-likeness (QED) is 0.761. The number of ether oxygens (including phenoxy) is 2. The molecule has 1 saturated heterocycles. The van der Waals surface area contributed by atoms with Crippen LogP contribution in [0.5, 0.6) is 5.75 Å². The summed E-state index contributed by atoms with van der Waals surface area (Å²) in [7, 11) is -2.32. The predicted octanol–water partition coefficient (Wildman–Crippen LogP) is 3.82. The largest absolute Gasteiger partial charge is 0.496 e. The van der Waals surface area contributed by atoms with Crippen LogP contribution in [-0.2, 0) is 20.2 Å². The van der Waals surface area contributed by atoms with Gasteiger partial charge < -0.3 is 9.47 Å². The van der Waals surface area contributed by atoms with E-state index in [4.69, 9.17) is 21.1 Å². The van der Waals surface area contributed by atoms with E-state index in [-0.39, 0.29) is 11.4 Å². The molecule has 0 unspecified atom stereocenters. The molecule has 0 bridgehead atoms. The minimum Gasteiger partial charge on any atom is -0.496 e. The number of rotatable bonds is 6. The van der Waals surface area contributed by atoms with Crippen LogP contribution in [0.15, 0.2) is 41.3 Å². The molecule has 0 radical (unpaired) electrons. The average molecular weight is 428 g/mol. The Bertz CT molecular complexity index is 959. The zero-order valence-corrected chi connectivity index (χ0v) is 17.4. The molecule has 2 aromatic rings. The van der Waals surface area contributed by atoms with E-state index < -0.39 is 21.3 Å². The number of hydrogen-bond acceptors (Lipinski definition) is 4. The van der Waals surface area contributed by atoms with Crippen LogP contribution in [-0.4, -0.2) is 35.3 Å². The van der Waals surface area contributed by atoms with E-state index in [2.05, 4.69) is 4.72 Å². The molecule has 1 fully saturated rings. The molecule has 28 heavy (non-hydrogen) atoms. The number of sulfonamides is 1. The fourth-order valence-electron chi connectivity index (χ4n) is 3.57. The minimum atomic E-state index is -3.89. The molecular weight excluding hydrogens is 405 g/mol. The third kappa shape index (κ3) is 4.33. The monoisotopic (exact) mass is 427 g/mol. The molecule has 1 aliphatic heterocycles. The maximum Gasteiger partial charge on any atom is 0.240 e. The lowest BCUT2D eigenvalue weighted by atomic mass is 9.74. The third-order valence-electron chi connectivity index (χ3n) is 5.22. The summed E-state index contributed by atoms with van der Waals surface area (Å²) in [5.41, 5.74) is 0.780. The Morgan fingerprint density at radius 3 is 2.61 bits per heavy atom. The van der Waals surface area contributed by atoms with Crippen molar-refractivity contribution >= 4 is 21.6 Å². The highest BCUT2D eigenvalue weighted by Gasteiger charge is 2.38. The third-order valence-corrected chi connectivity index (χ3v) is 7.00. The highest BCUT2D eigenvalue weighted by molar-refractivity contribution is 7.89. The van der Waals surface area contributed by atoms with Crippen LogP contribution in [0, 0.1) is 12.7 Å². The summed E-state index contributed by atoms with van der Waals surface area (Å²) >= 11 is 6.21. The van der Waals surface area contributed by atoms with Gasteiger partial charge in [0.15, 0.2) is 0 Å². The van der Waals surface area contributed by atoms with E-state index in [0.29, 0.717) is 42.4 Å². The van der Waals surface area contributed by atoms with E-state index in [1.165, 1.54) is 12.1 Å². The molecule has 2 aromatic carbocycles. The predicted molar refractivity (Wildman–Crippen MR) is 106 cm³/mol. The van der Waals surface area contributed by atoms with E-state index in [1.54, 1.807) is 26.2 Å². The lowest BCUT2D eigenvalue weighted by Crippen LogP contribution is -2.44. The number of hydrogen-bond donors (Lipinski definition) is 1. The Kier molecular flexibility index (Phi) is 6.29. The second-order valence-corrected chi connectivity index (χ2v) is 9.14. The van der Waals surface area contributed by atoms with Crippen molar-refractivity contribution in [1.29, 1.82) is 0 Å². The molecule has 0 aromatic heterocycles. The van der Waals surface area contributed by atoms with Crippen molar-refractivity contribution in [2.75, 3.05) is 26.9 Å². The second-order valence-electron chi connectivity index (χ2n) is 6.97. The standard InChI is InChI=1S/C20H23ClFNO4S/c1-14-3-5-16(22)12-19(14)28(24,25)23-13-20(7-9-27-10-8-20)17-11-15(21)4-6-18(17)26-2/h3-6,11-12,23H,7-10,13H2,1-2H3. The normalized spacial score (nSPS) is 16.7. The fraction of sp³-hybridized carbons (Fsp3) is 0.400. The molecule has 0 saturated carbocycles. The number of methoxy groups -OCH3 is 1. The van der Waals surface area contributed by atoms with Gasteiger partial charge in [0.25, 0.3) is 0 Å². The zero-order valence-electron chi connectivity index (χ0n) is 15.8. The zero-order chi connectivity index (χ0) is 20.4. The van der Waals surface area contributed by atoms with Gasteiger partial charge in [0, 0.05) is 35.8 Å². The minimum absolute atomic E-state index is 0.0623. The van der Waals surface area contributed by atoms with Gasteiger partial charge in [-0.1, -0.05) is 17.7 Å². The van der Waals surface area contributed by atoms with Gasteiger partial charge >= 0.3 is 0 Å². The lowest BCUT2D eigenvalue weighted by Gasteiger charge is -2.38. The fourth-order valence-corrected chi connectivity index (χ4v) is 5.13. The summed E-state index contributed by atoms with van der Waals surface area (Å²) in [4.78, 5) is -0.0623. The van der Waals surface area contributed by atoms with Crippen LogP contribution in [0.25, 0.3) is 0 Å². The van der Waals surface area contributed by atoms with Crippen molar-refractivity contribution in [3.05, 3.63) is 58.4 Å². The van der Waals surface area contributed by atoms with Crippen molar-refractivity contribution in [1.82, 2.24) is 4.72 Å². The highest BCUT2D eigenvalue weighted by Crippen LogP contribution is 2.41. The average Bonchev–Trinajstić information content (AvgIpc) is 2.69. The van der Waals surface area contributed by atoms with Crippen molar-refractivity contribution in [3.63, 3.8) is 0 Å². The summed E-state index contributed by atoms with van der Waals surface area (Å²) in [5.74, 6) is 0.0516. The molecular formula is C20H23ClFNO4S. The molecule has 5 nitrogen and oxygen atoms in total. The van der Waals surface area contributed by atoms with Gasteiger partial charge in [-0.05, 0) is 55.7 Å². The molecule has 1 aliphatic rings. The molecule has 0 amide bonds. The van der Waals surface area contributed by atoms with Crippen LogP contribution >= 0.6 is 11.6 Å². The molecule has 0 atom stereocenters. The van der Waals surface area contributed by atoms with E-state index in [1.807, 2.05) is 6.07 Å². The van der Waals surface area contributed by atoms with Gasteiger partial charge in [-0.3, -0.25) is 0 Å². The summed E-state index contributed by atoms with van der Waals surface area (Å²) in [5, 5.41) is 0.547. The number of benzene rings is 2. The van der Waals surface area contributed by atoms with E-state index in [0.717, 1.165) is 11.6 Å². The molecule has 0 spiro atoms. The first-order valence-corrected chi connectivity index (χ1v) is 10.8. The summed E-state index contributed by atoms with van der Waals surface area (Å²) in [6.45, 7) is 2.76. The van der Waals surface area contributed by atoms with Gasteiger partial charge in [0.05, 0.1) is 12.0 Å². The van der Waals surface area contributed by atoms with Crippen LogP contribution in [0.2, 0.25) is 5.02 Å². The van der Waals surface area contributed by atoms with Crippen molar-refractivity contribution in [3.8, 4) is 5.75 Å². The first-order chi connectivity index (χ1) is 13.3. The van der Waals surface area contributed by atoms with E-state index in [9.17, 15) is 12.8 Å². The molecule has 1 heterocycles. The lowest BCUT2D eigenvalue weighted by molar-refractivity contribution is 0.0509. The summed E-state index contributed by atoms with van der Waals surface area (Å²) in [6.07, 6.45) is 1.21. The Morgan fingerprint density at radius 1 is 1.21 bits per heavy atom. The second kappa shape index (κ2) is 8.37. The number of aryl methyl sites for hydroxylation is 1. The topological polar surface area (TPSA) is 64.6 Å². The first kappa shape index (κ1) is 21.0. The van der Waals surface area contributed by atoms with Crippen LogP contribution in [0.3, 0.4) is 0 Å². The Hall–Kier alpha value is -1.67. The first-order valence-electron chi connectivity index (χ1n) is 8.95. The van der Waals surface area contributed by atoms with Crippen LogP contribution in [0.4, 0.5) is 4.39 Å². The Morgan fingerprint density at radius 2 is 1.93 bits per heavy atom. The number of nitrogens with one attached hydrogen (secondary N) is 1. The van der Waals surface area contributed by atoms with Gasteiger partial charge in [0.1, 0.15) is 11.6 Å². The maximum absolute atomic E-state index is 13.6. The van der Waals surface area contributed by atoms with Gasteiger partial charge in [-0.2, -0.15) is 0 Å².